The number of amides is 1. The third kappa shape index (κ3) is 4.84. The number of ether oxygens (including phenoxy) is 1. The van der Waals surface area contributed by atoms with E-state index in [1.165, 1.54) is 4.57 Å². The molecule has 9 heteroatoms. The maximum absolute atomic E-state index is 13.2. The van der Waals surface area contributed by atoms with Crippen LogP contribution in [0.4, 0.5) is 4.79 Å². The molecule has 0 spiro atoms. The zero-order chi connectivity index (χ0) is 25.5. The lowest BCUT2D eigenvalue weighted by Gasteiger charge is -2.30. The van der Waals surface area contributed by atoms with Gasteiger partial charge in [-0.2, -0.15) is 5.10 Å². The van der Waals surface area contributed by atoms with Crippen molar-refractivity contribution in [3.63, 3.8) is 0 Å². The second kappa shape index (κ2) is 9.05. The van der Waals surface area contributed by atoms with Crippen LogP contribution in [0.3, 0.4) is 0 Å². The van der Waals surface area contributed by atoms with Crippen molar-refractivity contribution in [1.29, 1.82) is 0 Å². The largest absolute Gasteiger partial charge is 0.443 e. The number of hydrogen-bond acceptors (Lipinski definition) is 6. The number of aliphatic imine (C=N–C) groups is 1. The molecule has 1 fully saturated rings. The van der Waals surface area contributed by atoms with E-state index < -0.39 is 11.7 Å². The molecule has 3 heterocycles. The summed E-state index contributed by atoms with van der Waals surface area (Å²) in [6, 6.07) is 5.88. The Morgan fingerprint density at radius 2 is 1.91 bits per heavy atom. The summed E-state index contributed by atoms with van der Waals surface area (Å²) in [5.41, 5.74) is 11.5. The van der Waals surface area contributed by atoms with Crippen LogP contribution in [0.1, 0.15) is 39.7 Å². The average molecular weight is 477 g/mol. The highest BCUT2D eigenvalue weighted by Crippen LogP contribution is 2.32. The Morgan fingerprint density at radius 3 is 2.51 bits per heavy atom. The van der Waals surface area contributed by atoms with Crippen LogP contribution in [0.15, 0.2) is 47.4 Å². The first-order valence-corrected chi connectivity index (χ1v) is 11.6. The Bertz CT molecular complexity index is 1370. The summed E-state index contributed by atoms with van der Waals surface area (Å²) in [6.45, 7) is 8.02. The number of carbonyl (C=O) groups excluding carboxylic acids is 2. The molecular weight excluding hydrogens is 444 g/mol. The van der Waals surface area contributed by atoms with Gasteiger partial charge < -0.3 is 15.4 Å². The number of likely N-dealkylation sites (tertiary alicyclic amines) is 1. The van der Waals surface area contributed by atoms with E-state index in [1.54, 1.807) is 35.9 Å². The molecule has 184 valence electrons. The summed E-state index contributed by atoms with van der Waals surface area (Å²) in [7, 11) is 3.59. The minimum Gasteiger partial charge on any atom is -0.443 e. The molecular formula is C26H32N6O3. The molecule has 0 bridgehead atoms. The predicted octanol–water partition coefficient (Wildman–Crippen LogP) is 3.82. The van der Waals surface area contributed by atoms with Crippen molar-refractivity contribution in [2.45, 2.75) is 39.7 Å². The van der Waals surface area contributed by atoms with E-state index in [4.69, 9.17) is 10.5 Å². The van der Waals surface area contributed by atoms with Gasteiger partial charge in [-0.15, -0.1) is 0 Å². The normalized spacial score (nSPS) is 17.2. The Kier molecular flexibility index (Phi) is 6.27. The van der Waals surface area contributed by atoms with E-state index in [9.17, 15) is 9.59 Å². The van der Waals surface area contributed by atoms with Crippen molar-refractivity contribution in [3.05, 3.63) is 47.9 Å². The summed E-state index contributed by atoms with van der Waals surface area (Å²) in [5.74, 6) is -0.0113. The first-order chi connectivity index (χ1) is 16.5. The predicted molar refractivity (Wildman–Crippen MR) is 137 cm³/mol. The maximum Gasteiger partial charge on any atom is 0.419 e. The first-order valence-electron chi connectivity index (χ1n) is 11.6. The number of aromatic nitrogens is 3. The number of carbonyl (C=O) groups is 2. The molecule has 0 unspecified atom stereocenters. The highest BCUT2D eigenvalue weighted by atomic mass is 16.6. The SMILES string of the molecule is CN=C1CCN(C(C)=O)CC1=C(N)c1cn(C(=O)OC(C)(C)C)c2cc(-c3cnn(C)c3)ccc12. The van der Waals surface area contributed by atoms with Crippen LogP contribution in [0.2, 0.25) is 0 Å². The van der Waals surface area contributed by atoms with Crippen molar-refractivity contribution in [3.8, 4) is 11.1 Å². The van der Waals surface area contributed by atoms with Crippen LogP contribution in [0.5, 0.6) is 0 Å². The van der Waals surface area contributed by atoms with Crippen LogP contribution in [0.25, 0.3) is 27.7 Å². The molecule has 2 aromatic heterocycles. The third-order valence-electron chi connectivity index (χ3n) is 6.08. The standard InChI is InChI=1S/C26H32N6O3/c1-16(33)31-10-9-22(28-5)21(14-31)24(27)20-15-32(25(34)35-26(2,3)4)23-11-17(7-8-19(20)23)18-12-29-30(6)13-18/h7-8,11-13,15H,9-10,14,27H2,1-6H3. The summed E-state index contributed by atoms with van der Waals surface area (Å²) in [4.78, 5) is 31.4. The van der Waals surface area contributed by atoms with E-state index in [1.807, 2.05) is 52.2 Å². The highest BCUT2D eigenvalue weighted by molar-refractivity contribution is 6.10. The van der Waals surface area contributed by atoms with Crippen molar-refractivity contribution in [1.82, 2.24) is 19.2 Å². The molecule has 4 rings (SSSR count). The number of nitrogens with two attached hydrogens (primary N) is 1. The van der Waals surface area contributed by atoms with Gasteiger partial charge in [0.05, 0.1) is 11.7 Å². The van der Waals surface area contributed by atoms with Gasteiger partial charge in [0.25, 0.3) is 0 Å². The molecule has 0 aliphatic carbocycles. The molecule has 1 saturated heterocycles. The Labute approximate surface area is 204 Å². The number of fused-ring (bicyclic) bond motifs is 1. The van der Waals surface area contributed by atoms with Gasteiger partial charge in [-0.25, -0.2) is 4.79 Å². The molecule has 1 aliphatic rings. The van der Waals surface area contributed by atoms with E-state index in [-0.39, 0.29) is 5.91 Å². The Hall–Kier alpha value is -3.88. The minimum atomic E-state index is -0.661. The molecule has 9 nitrogen and oxygen atoms in total. The molecule has 0 saturated carbocycles. The minimum absolute atomic E-state index is 0.0113. The van der Waals surface area contributed by atoms with E-state index >= 15 is 0 Å². The van der Waals surface area contributed by atoms with Crippen LogP contribution >= 0.6 is 0 Å². The van der Waals surface area contributed by atoms with E-state index in [2.05, 4.69) is 10.1 Å². The van der Waals surface area contributed by atoms with Crippen LogP contribution in [-0.4, -0.2) is 62.7 Å². The van der Waals surface area contributed by atoms with Crippen molar-refractivity contribution in [2.24, 2.45) is 17.8 Å². The lowest BCUT2D eigenvalue weighted by Crippen LogP contribution is -2.39. The van der Waals surface area contributed by atoms with Crippen LogP contribution in [-0.2, 0) is 16.6 Å². The van der Waals surface area contributed by atoms with Gasteiger partial charge in [-0.3, -0.25) is 19.0 Å². The first kappa shape index (κ1) is 24.3. The smallest absolute Gasteiger partial charge is 0.419 e. The van der Waals surface area contributed by atoms with Gasteiger partial charge >= 0.3 is 6.09 Å². The van der Waals surface area contributed by atoms with Crippen molar-refractivity contribution >= 4 is 34.3 Å². The van der Waals surface area contributed by atoms with Crippen LogP contribution < -0.4 is 5.73 Å². The second-order valence-corrected chi connectivity index (χ2v) is 9.78. The zero-order valence-electron chi connectivity index (χ0n) is 21.1. The number of rotatable bonds is 2. The fourth-order valence-electron chi connectivity index (χ4n) is 4.33. The summed E-state index contributed by atoms with van der Waals surface area (Å²) < 4.78 is 8.91. The number of hydrogen-bond donors (Lipinski definition) is 1. The fourth-order valence-corrected chi connectivity index (χ4v) is 4.33. The quantitative estimate of drug-likeness (QED) is 0.605. The van der Waals surface area contributed by atoms with Gasteiger partial charge in [0.1, 0.15) is 5.60 Å². The number of aryl methyl sites for hydroxylation is 1. The summed E-state index contributed by atoms with van der Waals surface area (Å²) in [6.07, 6.45) is 5.55. The lowest BCUT2D eigenvalue weighted by molar-refractivity contribution is -0.128. The zero-order valence-corrected chi connectivity index (χ0v) is 21.1. The topological polar surface area (TPSA) is 108 Å². The molecule has 1 aromatic carbocycles. The van der Waals surface area contributed by atoms with Gasteiger partial charge in [0.15, 0.2) is 0 Å². The molecule has 1 amide bonds. The Balaban J connectivity index is 1.91. The van der Waals surface area contributed by atoms with Gasteiger partial charge in [-0.05, 0) is 32.4 Å². The molecule has 35 heavy (non-hydrogen) atoms. The van der Waals surface area contributed by atoms with Gasteiger partial charge in [0.2, 0.25) is 5.91 Å². The number of benzene rings is 1. The van der Waals surface area contributed by atoms with Crippen LogP contribution in [0, 0.1) is 0 Å². The van der Waals surface area contributed by atoms with Crippen molar-refractivity contribution in [2.75, 3.05) is 20.1 Å². The summed E-state index contributed by atoms with van der Waals surface area (Å²) >= 11 is 0. The third-order valence-corrected chi connectivity index (χ3v) is 6.08. The van der Waals surface area contributed by atoms with Gasteiger partial charge in [0, 0.05) is 86.4 Å². The van der Waals surface area contributed by atoms with Gasteiger partial charge in [-0.1, -0.05) is 12.1 Å². The lowest BCUT2D eigenvalue weighted by atomic mass is 9.96. The molecule has 1 aliphatic heterocycles. The molecule has 2 N–H and O–H groups in total. The second-order valence-electron chi connectivity index (χ2n) is 9.78. The van der Waals surface area contributed by atoms with Crippen molar-refractivity contribution < 1.29 is 14.3 Å². The summed E-state index contributed by atoms with van der Waals surface area (Å²) in [5, 5.41) is 5.07. The highest BCUT2D eigenvalue weighted by Gasteiger charge is 2.27. The molecule has 3 aromatic rings. The molecule has 0 radical (unpaired) electrons. The maximum atomic E-state index is 13.2. The fraction of sp³-hybridized carbons (Fsp3) is 0.385. The van der Waals surface area contributed by atoms with E-state index in [0.717, 1.165) is 27.8 Å². The Morgan fingerprint density at radius 1 is 1.17 bits per heavy atom. The molecule has 0 atom stereocenters. The average Bonchev–Trinajstić information content (AvgIpc) is 3.40. The van der Waals surface area contributed by atoms with E-state index in [0.29, 0.717) is 36.3 Å². The number of nitrogens with zero attached hydrogens (tertiary/aromatic N) is 5. The number of piperidine rings is 1. The monoisotopic (exact) mass is 476 g/mol.